The molecule has 3 aromatic rings. The molecule has 0 atom stereocenters. The van der Waals surface area contributed by atoms with Crippen molar-refractivity contribution in [2.24, 2.45) is 0 Å². The van der Waals surface area contributed by atoms with Crippen LogP contribution in [0.3, 0.4) is 0 Å². The molecular formula is C28H31NO4. The van der Waals surface area contributed by atoms with Crippen LogP contribution in [-0.2, 0) is 11.2 Å². The van der Waals surface area contributed by atoms with Crippen LogP contribution in [0.15, 0.2) is 42.5 Å². The highest BCUT2D eigenvalue weighted by Gasteiger charge is 2.15. The fourth-order valence-electron chi connectivity index (χ4n) is 4.14. The molecule has 0 aliphatic rings. The van der Waals surface area contributed by atoms with Gasteiger partial charge in [0.25, 0.3) is 0 Å². The molecule has 172 valence electrons. The first kappa shape index (κ1) is 24.1. The van der Waals surface area contributed by atoms with Crippen molar-refractivity contribution < 1.29 is 19.1 Å². The minimum Gasteiger partial charge on any atom is -0.426 e. The Morgan fingerprint density at radius 1 is 0.667 bits per heavy atom. The molecule has 0 aliphatic carbocycles. The van der Waals surface area contributed by atoms with Gasteiger partial charge in [-0.2, -0.15) is 0 Å². The largest absolute Gasteiger partial charge is 0.426 e. The Labute approximate surface area is 195 Å². The van der Waals surface area contributed by atoms with Gasteiger partial charge in [-0.05, 0) is 94.0 Å². The number of ether oxygens (including phenoxy) is 2. The second-order valence-corrected chi connectivity index (χ2v) is 8.76. The van der Waals surface area contributed by atoms with Crippen LogP contribution in [0.1, 0.15) is 44.5 Å². The summed E-state index contributed by atoms with van der Waals surface area (Å²) in [5, 5.41) is 2.76. The molecule has 3 aromatic carbocycles. The van der Waals surface area contributed by atoms with E-state index in [1.807, 2.05) is 78.8 Å². The van der Waals surface area contributed by atoms with E-state index in [-0.39, 0.29) is 12.4 Å². The summed E-state index contributed by atoms with van der Waals surface area (Å²) in [4.78, 5) is 25.2. The van der Waals surface area contributed by atoms with E-state index in [2.05, 4.69) is 5.32 Å². The van der Waals surface area contributed by atoms with E-state index in [1.165, 1.54) is 0 Å². The number of nitrogens with one attached hydrogen (secondary N) is 1. The van der Waals surface area contributed by atoms with Crippen molar-refractivity contribution in [2.45, 2.75) is 54.9 Å². The maximum absolute atomic E-state index is 12.7. The zero-order valence-corrected chi connectivity index (χ0v) is 20.4. The van der Waals surface area contributed by atoms with Gasteiger partial charge < -0.3 is 9.47 Å². The highest BCUT2D eigenvalue weighted by Crippen LogP contribution is 2.27. The summed E-state index contributed by atoms with van der Waals surface area (Å²) in [7, 11) is 0. The molecular weight excluding hydrogens is 414 g/mol. The van der Waals surface area contributed by atoms with Gasteiger partial charge >= 0.3 is 12.1 Å². The van der Waals surface area contributed by atoms with Crippen molar-refractivity contribution in [3.05, 3.63) is 87.0 Å². The molecule has 0 radical (unpaired) electrons. The maximum atomic E-state index is 12.7. The summed E-state index contributed by atoms with van der Waals surface area (Å²) in [6, 6.07) is 13.4. The Kier molecular flexibility index (Phi) is 7.22. The third kappa shape index (κ3) is 6.01. The van der Waals surface area contributed by atoms with Crippen LogP contribution in [0, 0.1) is 48.5 Å². The molecule has 0 spiro atoms. The quantitative estimate of drug-likeness (QED) is 0.355. The Bertz CT molecular complexity index is 1180. The third-order valence-electron chi connectivity index (χ3n) is 5.55. The highest BCUT2D eigenvalue weighted by molar-refractivity contribution is 5.87. The molecule has 3 rings (SSSR count). The van der Waals surface area contributed by atoms with Gasteiger partial charge in [-0.15, -0.1) is 0 Å². The molecule has 1 N–H and O–H groups in total. The van der Waals surface area contributed by atoms with E-state index in [0.717, 1.165) is 44.5 Å². The van der Waals surface area contributed by atoms with Gasteiger partial charge in [-0.3, -0.25) is 10.1 Å². The molecule has 5 nitrogen and oxygen atoms in total. The van der Waals surface area contributed by atoms with Crippen LogP contribution < -0.4 is 14.8 Å². The molecule has 0 aromatic heterocycles. The molecule has 0 aliphatic heterocycles. The third-order valence-corrected chi connectivity index (χ3v) is 5.55. The van der Waals surface area contributed by atoms with Crippen LogP contribution in [0.25, 0.3) is 0 Å². The van der Waals surface area contributed by atoms with E-state index in [4.69, 9.17) is 9.47 Å². The summed E-state index contributed by atoms with van der Waals surface area (Å²) >= 11 is 0. The van der Waals surface area contributed by atoms with Gasteiger partial charge in [-0.1, -0.05) is 41.5 Å². The van der Waals surface area contributed by atoms with Gasteiger partial charge in [-0.25, -0.2) is 4.79 Å². The lowest BCUT2D eigenvalue weighted by Crippen LogP contribution is -2.18. The number of amides is 1. The summed E-state index contributed by atoms with van der Waals surface area (Å²) in [6.45, 7) is 13.6. The Hall–Kier alpha value is -3.60. The van der Waals surface area contributed by atoms with E-state index >= 15 is 0 Å². The predicted molar refractivity (Wildman–Crippen MR) is 131 cm³/mol. The van der Waals surface area contributed by atoms with E-state index in [1.54, 1.807) is 12.1 Å². The number of esters is 1. The number of rotatable bonds is 5. The Balaban J connectivity index is 1.71. The minimum absolute atomic E-state index is 0.0966. The number of hydrogen-bond donors (Lipinski definition) is 1. The van der Waals surface area contributed by atoms with Gasteiger partial charge in [0.05, 0.1) is 6.42 Å². The second kappa shape index (κ2) is 9.90. The monoisotopic (exact) mass is 445 g/mol. The topological polar surface area (TPSA) is 64.6 Å². The van der Waals surface area contributed by atoms with Gasteiger partial charge in [0.15, 0.2) is 0 Å². The zero-order valence-electron chi connectivity index (χ0n) is 20.4. The predicted octanol–water partition coefficient (Wildman–Crippen LogP) is 6.60. The lowest BCUT2D eigenvalue weighted by molar-refractivity contribution is -0.133. The first-order valence-corrected chi connectivity index (χ1v) is 11.0. The average Bonchev–Trinajstić information content (AvgIpc) is 2.70. The SMILES string of the molecule is Cc1cc(C)c(OC(=O)Cc2cc(NC(=O)Oc3c(C)cc(C)cc3C)ccc2C)c(C)c1. The van der Waals surface area contributed by atoms with E-state index in [0.29, 0.717) is 17.2 Å². The lowest BCUT2D eigenvalue weighted by atomic mass is 10.0. The van der Waals surface area contributed by atoms with Gasteiger partial charge in [0, 0.05) is 5.69 Å². The number of aryl methyl sites for hydroxylation is 7. The summed E-state index contributed by atoms with van der Waals surface area (Å²) in [5.41, 5.74) is 8.17. The molecule has 0 saturated carbocycles. The van der Waals surface area contributed by atoms with Crippen LogP contribution in [-0.4, -0.2) is 12.1 Å². The van der Waals surface area contributed by atoms with E-state index < -0.39 is 6.09 Å². The van der Waals surface area contributed by atoms with Crippen LogP contribution in [0.2, 0.25) is 0 Å². The molecule has 0 bridgehead atoms. The summed E-state index contributed by atoms with van der Waals surface area (Å²) in [5.74, 6) is 0.807. The number of carbonyl (C=O) groups excluding carboxylic acids is 2. The van der Waals surface area contributed by atoms with Crippen molar-refractivity contribution in [2.75, 3.05) is 5.32 Å². The summed E-state index contributed by atoms with van der Waals surface area (Å²) < 4.78 is 11.2. The molecule has 0 fully saturated rings. The molecule has 5 heteroatoms. The second-order valence-electron chi connectivity index (χ2n) is 8.76. The average molecular weight is 446 g/mol. The molecule has 1 amide bonds. The smallest absolute Gasteiger partial charge is 0.417 e. The number of benzene rings is 3. The highest BCUT2D eigenvalue weighted by atomic mass is 16.6. The van der Waals surface area contributed by atoms with Crippen molar-refractivity contribution >= 4 is 17.7 Å². The molecule has 0 saturated heterocycles. The van der Waals surface area contributed by atoms with Crippen molar-refractivity contribution in [1.29, 1.82) is 0 Å². The van der Waals surface area contributed by atoms with Crippen LogP contribution in [0.5, 0.6) is 11.5 Å². The molecule has 0 heterocycles. The zero-order chi connectivity index (χ0) is 24.3. The number of carbonyl (C=O) groups is 2. The summed E-state index contributed by atoms with van der Waals surface area (Å²) in [6.07, 6.45) is -0.479. The number of anilines is 1. The number of hydrogen-bond acceptors (Lipinski definition) is 4. The fraction of sp³-hybridized carbons (Fsp3) is 0.286. The van der Waals surface area contributed by atoms with Crippen molar-refractivity contribution in [3.8, 4) is 11.5 Å². The van der Waals surface area contributed by atoms with E-state index in [9.17, 15) is 9.59 Å². The maximum Gasteiger partial charge on any atom is 0.417 e. The molecule has 33 heavy (non-hydrogen) atoms. The van der Waals surface area contributed by atoms with Crippen molar-refractivity contribution in [3.63, 3.8) is 0 Å². The lowest BCUT2D eigenvalue weighted by Gasteiger charge is -2.14. The first-order chi connectivity index (χ1) is 15.5. The fourth-order valence-corrected chi connectivity index (χ4v) is 4.14. The molecule has 0 unspecified atom stereocenters. The Morgan fingerprint density at radius 2 is 1.15 bits per heavy atom. The first-order valence-electron chi connectivity index (χ1n) is 11.0. The Morgan fingerprint density at radius 3 is 1.67 bits per heavy atom. The van der Waals surface area contributed by atoms with Crippen molar-refractivity contribution in [1.82, 2.24) is 0 Å². The van der Waals surface area contributed by atoms with Gasteiger partial charge in [0.1, 0.15) is 11.5 Å². The van der Waals surface area contributed by atoms with Crippen LogP contribution in [0.4, 0.5) is 10.5 Å². The van der Waals surface area contributed by atoms with Gasteiger partial charge in [0.2, 0.25) is 0 Å². The normalized spacial score (nSPS) is 10.6. The standard InChI is InChI=1S/C28H31NO4/c1-16-10-19(4)26(20(5)11-16)32-25(30)15-23-14-24(9-8-18(23)3)29-28(31)33-27-21(6)12-17(2)13-22(27)7/h8-14H,15H2,1-7H3,(H,29,31). The van der Waals surface area contributed by atoms with Crippen LogP contribution >= 0.6 is 0 Å². The minimum atomic E-state index is -0.576.